The van der Waals surface area contributed by atoms with Gasteiger partial charge in [0.05, 0.1) is 8.45 Å². The number of carboxylic acid groups (broad SMARTS) is 1. The topological polar surface area (TPSA) is 66.4 Å². The fourth-order valence-corrected chi connectivity index (χ4v) is 4.35. The van der Waals surface area contributed by atoms with Crippen molar-refractivity contribution in [2.75, 3.05) is 11.5 Å². The smallest absolute Gasteiger partial charge is 0.329 e. The molecular weight excluding hydrogens is 385 g/mol. The molecule has 1 aliphatic rings. The van der Waals surface area contributed by atoms with Crippen LogP contribution in [-0.4, -0.2) is 34.0 Å². The Hall–Kier alpha value is -0.280. The van der Waals surface area contributed by atoms with Crippen molar-refractivity contribution >= 4 is 57.6 Å². The van der Waals surface area contributed by atoms with Gasteiger partial charge in [0.2, 0.25) is 0 Å². The molecule has 1 aromatic rings. The quantitative estimate of drug-likeness (QED) is 0.770. The molecule has 1 saturated heterocycles. The van der Waals surface area contributed by atoms with E-state index in [4.69, 9.17) is 0 Å². The fourth-order valence-electron chi connectivity index (χ4n) is 1.83. The van der Waals surface area contributed by atoms with Gasteiger partial charge in [-0.3, -0.25) is 4.79 Å². The number of rotatable bonds is 3. The molecule has 1 aromatic heterocycles. The van der Waals surface area contributed by atoms with E-state index in [2.05, 4.69) is 27.9 Å². The monoisotopic (exact) mass is 397 g/mol. The molecule has 0 aliphatic carbocycles. The SMILES string of the molecule is O=C(NC1(C(=O)O)CCSCC1)c1csc(I)c1. The normalized spacial score (nSPS) is 18.3. The summed E-state index contributed by atoms with van der Waals surface area (Å²) in [6.45, 7) is 0. The van der Waals surface area contributed by atoms with Gasteiger partial charge < -0.3 is 10.4 Å². The first kappa shape index (κ1) is 14.1. The Labute approximate surface area is 127 Å². The van der Waals surface area contributed by atoms with Crippen LogP contribution in [0.15, 0.2) is 11.4 Å². The zero-order valence-electron chi connectivity index (χ0n) is 9.44. The molecule has 0 atom stereocenters. The number of thiophene rings is 1. The third kappa shape index (κ3) is 3.00. The number of nitrogens with one attached hydrogen (secondary N) is 1. The van der Waals surface area contributed by atoms with E-state index in [1.54, 1.807) is 23.2 Å². The third-order valence-corrected chi connectivity index (χ3v) is 5.71. The molecule has 1 fully saturated rings. The minimum absolute atomic E-state index is 0.288. The van der Waals surface area contributed by atoms with Crippen LogP contribution in [0, 0.1) is 2.88 Å². The Balaban J connectivity index is 2.14. The molecule has 98 valence electrons. The number of carboxylic acids is 1. The molecule has 7 heteroatoms. The van der Waals surface area contributed by atoms with Crippen molar-refractivity contribution in [3.8, 4) is 0 Å². The first-order chi connectivity index (χ1) is 8.53. The van der Waals surface area contributed by atoms with Gasteiger partial charge >= 0.3 is 5.97 Å². The molecule has 2 rings (SSSR count). The van der Waals surface area contributed by atoms with Crippen LogP contribution in [-0.2, 0) is 4.79 Å². The predicted molar refractivity (Wildman–Crippen MR) is 81.4 cm³/mol. The molecule has 0 aromatic carbocycles. The summed E-state index contributed by atoms with van der Waals surface area (Å²) in [5.41, 5.74) is -0.543. The summed E-state index contributed by atoms with van der Waals surface area (Å²) in [5, 5.41) is 13.8. The molecular formula is C11H12INO3S2. The number of halogens is 1. The first-order valence-corrected chi connectivity index (χ1v) is 8.52. The van der Waals surface area contributed by atoms with Gasteiger partial charge in [0, 0.05) is 5.38 Å². The average molecular weight is 397 g/mol. The summed E-state index contributed by atoms with van der Waals surface area (Å²) >= 11 is 5.34. The van der Waals surface area contributed by atoms with Crippen molar-refractivity contribution < 1.29 is 14.7 Å². The lowest BCUT2D eigenvalue weighted by Gasteiger charge is -2.33. The zero-order chi connectivity index (χ0) is 13.2. The number of aliphatic carboxylic acids is 1. The van der Waals surface area contributed by atoms with Crippen molar-refractivity contribution in [1.29, 1.82) is 0 Å². The van der Waals surface area contributed by atoms with Crippen LogP contribution in [0.3, 0.4) is 0 Å². The van der Waals surface area contributed by atoms with E-state index in [1.807, 2.05) is 0 Å². The van der Waals surface area contributed by atoms with Gasteiger partial charge in [0.1, 0.15) is 5.54 Å². The maximum Gasteiger partial charge on any atom is 0.329 e. The number of thioether (sulfide) groups is 1. The molecule has 0 bridgehead atoms. The Morgan fingerprint density at radius 2 is 2.06 bits per heavy atom. The lowest BCUT2D eigenvalue weighted by Crippen LogP contribution is -2.56. The van der Waals surface area contributed by atoms with Crippen LogP contribution in [0.4, 0.5) is 0 Å². The van der Waals surface area contributed by atoms with Gasteiger partial charge in [-0.25, -0.2) is 4.79 Å². The van der Waals surface area contributed by atoms with Crippen LogP contribution >= 0.6 is 45.7 Å². The molecule has 2 N–H and O–H groups in total. The average Bonchev–Trinajstić information content (AvgIpc) is 2.77. The molecule has 0 spiro atoms. The lowest BCUT2D eigenvalue weighted by molar-refractivity contribution is -0.144. The summed E-state index contributed by atoms with van der Waals surface area (Å²) in [5.74, 6) is 0.325. The van der Waals surface area contributed by atoms with Crippen LogP contribution in [0.5, 0.6) is 0 Å². The van der Waals surface area contributed by atoms with E-state index in [9.17, 15) is 14.7 Å². The molecule has 1 amide bonds. The number of carbonyl (C=O) groups is 2. The van der Waals surface area contributed by atoms with E-state index in [0.717, 1.165) is 14.4 Å². The van der Waals surface area contributed by atoms with Gasteiger partial charge in [-0.15, -0.1) is 11.3 Å². The Morgan fingerprint density at radius 3 is 2.56 bits per heavy atom. The highest BCUT2D eigenvalue weighted by atomic mass is 127. The molecule has 2 heterocycles. The van der Waals surface area contributed by atoms with Gasteiger partial charge in [-0.2, -0.15) is 11.8 Å². The largest absolute Gasteiger partial charge is 0.480 e. The highest BCUT2D eigenvalue weighted by Crippen LogP contribution is 2.28. The second-order valence-corrected chi connectivity index (χ2v) is 8.12. The summed E-state index contributed by atoms with van der Waals surface area (Å²) in [7, 11) is 0. The standard InChI is InChI=1S/C11H12INO3S2/c12-8-5-7(6-18-8)9(14)13-11(10(15)16)1-3-17-4-2-11/h5-6H,1-4H2,(H,13,14)(H,15,16). The van der Waals surface area contributed by atoms with E-state index in [-0.39, 0.29) is 5.91 Å². The predicted octanol–water partition coefficient (Wildman–Crippen LogP) is 2.43. The van der Waals surface area contributed by atoms with Crippen molar-refractivity contribution in [3.05, 3.63) is 19.9 Å². The van der Waals surface area contributed by atoms with Crippen molar-refractivity contribution in [2.45, 2.75) is 18.4 Å². The number of carbonyl (C=O) groups excluding carboxylic acids is 1. The molecule has 4 nitrogen and oxygen atoms in total. The van der Waals surface area contributed by atoms with Crippen molar-refractivity contribution in [2.24, 2.45) is 0 Å². The van der Waals surface area contributed by atoms with E-state index < -0.39 is 11.5 Å². The van der Waals surface area contributed by atoms with Crippen LogP contribution in [0.1, 0.15) is 23.2 Å². The minimum atomic E-state index is -1.09. The van der Waals surface area contributed by atoms with Crippen molar-refractivity contribution in [3.63, 3.8) is 0 Å². The second kappa shape index (κ2) is 5.79. The summed E-state index contributed by atoms with van der Waals surface area (Å²) in [6.07, 6.45) is 0.972. The Bertz CT molecular complexity index is 469. The van der Waals surface area contributed by atoms with E-state index in [1.165, 1.54) is 11.3 Å². The van der Waals surface area contributed by atoms with Gasteiger partial charge in [0.25, 0.3) is 5.91 Å². The number of hydrogen-bond acceptors (Lipinski definition) is 4. The summed E-state index contributed by atoms with van der Waals surface area (Å²) in [4.78, 5) is 23.5. The molecule has 0 unspecified atom stereocenters. The number of hydrogen-bond donors (Lipinski definition) is 2. The number of amides is 1. The fraction of sp³-hybridized carbons (Fsp3) is 0.455. The molecule has 0 saturated carbocycles. The first-order valence-electron chi connectivity index (χ1n) is 5.41. The van der Waals surface area contributed by atoms with Gasteiger partial charge in [-0.1, -0.05) is 0 Å². The molecule has 1 aliphatic heterocycles. The molecule has 18 heavy (non-hydrogen) atoms. The summed E-state index contributed by atoms with van der Waals surface area (Å²) in [6, 6.07) is 1.77. The zero-order valence-corrected chi connectivity index (χ0v) is 13.2. The van der Waals surface area contributed by atoms with Gasteiger partial charge in [0.15, 0.2) is 0 Å². The second-order valence-electron chi connectivity index (χ2n) is 4.09. The Kier molecular flexibility index (Phi) is 4.54. The maximum atomic E-state index is 12.1. The minimum Gasteiger partial charge on any atom is -0.480 e. The maximum absolute atomic E-state index is 12.1. The highest BCUT2D eigenvalue weighted by Gasteiger charge is 2.41. The summed E-state index contributed by atoms with van der Waals surface area (Å²) < 4.78 is 1.02. The third-order valence-electron chi connectivity index (χ3n) is 2.94. The van der Waals surface area contributed by atoms with Gasteiger partial charge in [-0.05, 0) is 53.0 Å². The highest BCUT2D eigenvalue weighted by molar-refractivity contribution is 14.1. The van der Waals surface area contributed by atoms with Crippen LogP contribution in [0.2, 0.25) is 0 Å². The van der Waals surface area contributed by atoms with E-state index >= 15 is 0 Å². The van der Waals surface area contributed by atoms with Crippen molar-refractivity contribution in [1.82, 2.24) is 5.32 Å². The Morgan fingerprint density at radius 1 is 1.39 bits per heavy atom. The van der Waals surface area contributed by atoms with E-state index in [0.29, 0.717) is 18.4 Å². The molecule has 0 radical (unpaired) electrons. The lowest BCUT2D eigenvalue weighted by atomic mass is 9.92. The van der Waals surface area contributed by atoms with Crippen LogP contribution < -0.4 is 5.32 Å². The van der Waals surface area contributed by atoms with Crippen LogP contribution in [0.25, 0.3) is 0 Å².